The molecule has 0 amide bonds. The molecule has 3 aliphatic carbocycles. The van der Waals surface area contributed by atoms with Crippen LogP contribution >= 0.6 is 0 Å². The summed E-state index contributed by atoms with van der Waals surface area (Å²) in [5.41, 5.74) is 9.61. The molecular weight excluding hydrogens is 470 g/mol. The molecule has 39 heavy (non-hydrogen) atoms. The fourth-order valence-electron chi connectivity index (χ4n) is 8.13. The van der Waals surface area contributed by atoms with Gasteiger partial charge in [-0.2, -0.15) is 0 Å². The Bertz CT molecular complexity index is 1380. The van der Waals surface area contributed by atoms with Crippen LogP contribution in [-0.2, 0) is 5.41 Å². The van der Waals surface area contributed by atoms with Gasteiger partial charge in [-0.15, -0.1) is 0 Å². The van der Waals surface area contributed by atoms with E-state index in [1.807, 2.05) is 13.0 Å². The van der Waals surface area contributed by atoms with Gasteiger partial charge in [0.25, 0.3) is 0 Å². The number of allylic oxidation sites excluding steroid dienone is 10. The Balaban J connectivity index is 2.18. The number of hydrogen-bond acceptors (Lipinski definition) is 1. The average Bonchev–Trinajstić information content (AvgIpc) is 2.95. The predicted octanol–water partition coefficient (Wildman–Crippen LogP) is 10.7. The van der Waals surface area contributed by atoms with Gasteiger partial charge in [0.15, 0.2) is 0 Å². The Hall–Kier alpha value is -2.67. The van der Waals surface area contributed by atoms with Gasteiger partial charge < -0.3 is 0 Å². The van der Waals surface area contributed by atoms with Crippen LogP contribution in [0.15, 0.2) is 106 Å². The van der Waals surface area contributed by atoms with Gasteiger partial charge in [-0.05, 0) is 76.7 Å². The second kappa shape index (κ2) is 8.92. The van der Waals surface area contributed by atoms with Crippen molar-refractivity contribution in [3.8, 4) is 0 Å². The van der Waals surface area contributed by atoms with Crippen LogP contribution in [0.5, 0.6) is 0 Å². The molecular formula is C38H51N. The minimum Gasteiger partial charge on any atom is -0.257 e. The molecule has 0 aromatic heterocycles. The van der Waals surface area contributed by atoms with Crippen LogP contribution in [0.1, 0.15) is 95.1 Å². The lowest BCUT2D eigenvalue weighted by molar-refractivity contribution is 0.00644. The van der Waals surface area contributed by atoms with Crippen LogP contribution in [0.4, 0.5) is 0 Å². The third-order valence-corrected chi connectivity index (χ3v) is 12.4. The summed E-state index contributed by atoms with van der Waals surface area (Å²) in [7, 11) is 0. The van der Waals surface area contributed by atoms with Gasteiger partial charge in [0.05, 0.1) is 5.71 Å². The summed E-state index contributed by atoms with van der Waals surface area (Å²) in [5, 5.41) is 0. The van der Waals surface area contributed by atoms with Crippen molar-refractivity contribution in [2.24, 2.45) is 32.1 Å². The van der Waals surface area contributed by atoms with Crippen molar-refractivity contribution >= 4 is 5.71 Å². The first-order valence-corrected chi connectivity index (χ1v) is 14.6. The molecule has 1 saturated carbocycles. The first kappa shape index (κ1) is 29.3. The molecule has 2 unspecified atom stereocenters. The molecule has 208 valence electrons. The zero-order valence-electron chi connectivity index (χ0n) is 26.8. The number of hydrogen-bond donors (Lipinski definition) is 0. The van der Waals surface area contributed by atoms with Gasteiger partial charge >= 0.3 is 0 Å². The summed E-state index contributed by atoms with van der Waals surface area (Å²) in [6.07, 6.45) is 10.2. The maximum absolute atomic E-state index is 5.18. The van der Waals surface area contributed by atoms with Gasteiger partial charge in [-0.1, -0.05) is 136 Å². The summed E-state index contributed by atoms with van der Waals surface area (Å²) in [5.74, 6) is 0. The van der Waals surface area contributed by atoms with Crippen molar-refractivity contribution < 1.29 is 0 Å². The Morgan fingerprint density at radius 1 is 0.846 bits per heavy atom. The number of aliphatic imine (C=N–C) groups is 1. The summed E-state index contributed by atoms with van der Waals surface area (Å²) < 4.78 is 0. The molecule has 0 aliphatic heterocycles. The maximum atomic E-state index is 5.18. The van der Waals surface area contributed by atoms with Crippen LogP contribution in [0.2, 0.25) is 0 Å². The Morgan fingerprint density at radius 2 is 1.44 bits per heavy atom. The maximum Gasteiger partial charge on any atom is 0.0590 e. The summed E-state index contributed by atoms with van der Waals surface area (Å²) >= 11 is 0. The minimum atomic E-state index is -0.440. The van der Waals surface area contributed by atoms with Crippen molar-refractivity contribution in [2.75, 3.05) is 0 Å². The topological polar surface area (TPSA) is 12.4 Å². The van der Waals surface area contributed by atoms with E-state index in [1.54, 1.807) is 5.57 Å². The Morgan fingerprint density at radius 3 is 1.97 bits per heavy atom. The van der Waals surface area contributed by atoms with E-state index < -0.39 is 5.41 Å². The third-order valence-electron chi connectivity index (χ3n) is 12.4. The molecule has 0 saturated heterocycles. The van der Waals surface area contributed by atoms with Crippen molar-refractivity contribution in [3.05, 3.63) is 107 Å². The molecule has 1 nitrogen and oxygen atoms in total. The van der Waals surface area contributed by atoms with Crippen LogP contribution in [-0.4, -0.2) is 5.71 Å². The quantitative estimate of drug-likeness (QED) is 0.375. The monoisotopic (exact) mass is 521 g/mol. The van der Waals surface area contributed by atoms with E-state index in [1.165, 1.54) is 22.3 Å². The van der Waals surface area contributed by atoms with Gasteiger partial charge in [0.2, 0.25) is 0 Å². The van der Waals surface area contributed by atoms with Crippen molar-refractivity contribution in [3.63, 3.8) is 0 Å². The molecule has 3 aliphatic rings. The van der Waals surface area contributed by atoms with E-state index >= 15 is 0 Å². The molecule has 2 atom stereocenters. The average molecular weight is 522 g/mol. The largest absolute Gasteiger partial charge is 0.257 e. The molecule has 0 bridgehead atoms. The highest BCUT2D eigenvalue weighted by Crippen LogP contribution is 2.76. The van der Waals surface area contributed by atoms with Crippen LogP contribution in [0.3, 0.4) is 0 Å². The van der Waals surface area contributed by atoms with Crippen LogP contribution in [0.25, 0.3) is 0 Å². The van der Waals surface area contributed by atoms with Gasteiger partial charge in [-0.25, -0.2) is 0 Å². The van der Waals surface area contributed by atoms with Crippen LogP contribution in [0, 0.1) is 27.1 Å². The smallest absolute Gasteiger partial charge is 0.0590 e. The number of rotatable bonds is 3. The molecule has 1 heteroatoms. The summed E-state index contributed by atoms with van der Waals surface area (Å²) in [4.78, 5) is 5.18. The summed E-state index contributed by atoms with van der Waals surface area (Å²) in [6.45, 7) is 37.4. The zero-order valence-corrected chi connectivity index (χ0v) is 26.8. The highest BCUT2D eigenvalue weighted by atomic mass is 14.8. The van der Waals surface area contributed by atoms with Gasteiger partial charge in [0.1, 0.15) is 0 Å². The summed E-state index contributed by atoms with van der Waals surface area (Å²) in [6, 6.07) is 10.9. The first-order valence-electron chi connectivity index (χ1n) is 14.6. The lowest BCUT2D eigenvalue weighted by Gasteiger charge is -2.51. The third kappa shape index (κ3) is 3.68. The van der Waals surface area contributed by atoms with Crippen molar-refractivity contribution in [1.29, 1.82) is 0 Å². The van der Waals surface area contributed by atoms with Crippen LogP contribution < -0.4 is 0 Å². The number of fused-ring (bicyclic) bond motifs is 1. The van der Waals surface area contributed by atoms with Crippen molar-refractivity contribution in [2.45, 2.75) is 94.9 Å². The van der Waals surface area contributed by atoms with E-state index in [0.29, 0.717) is 0 Å². The molecule has 1 fully saturated rings. The van der Waals surface area contributed by atoms with E-state index in [9.17, 15) is 0 Å². The van der Waals surface area contributed by atoms with Gasteiger partial charge in [-0.3, -0.25) is 4.99 Å². The predicted molar refractivity (Wildman–Crippen MR) is 171 cm³/mol. The molecule has 0 N–H and O–H groups in total. The minimum absolute atomic E-state index is 0.0538. The Kier molecular flexibility index (Phi) is 6.70. The first-order chi connectivity index (χ1) is 17.8. The van der Waals surface area contributed by atoms with E-state index in [0.717, 1.165) is 23.4 Å². The molecule has 1 aromatic rings. The standard InChI is InChI=1S/C38H51N/c1-15-27-22-21-26(4)29-24-37(13)31(34(7,8)35(9,10)36(37,11)12)23-30(29)33(5,6)38(14,32(27)39-25(2)3)28-19-17-16-18-20-28/h15-23H,1-2,24H2,3-14H3/b26-21+,27-22+,39-32-. The van der Waals surface area contributed by atoms with E-state index in [-0.39, 0.29) is 27.1 Å². The SMILES string of the molecule is C=C/C1=C\C=C(/C)C2=C(C=C3C(C)(C)C(C)(C)C(C)(C)C3(C)C2)C(C)(C)C(C)(c2ccccc2)\C1=N/C(=C)C. The molecule has 4 rings (SSSR count). The fraction of sp³-hybridized carbons (Fsp3) is 0.500. The molecule has 0 spiro atoms. The van der Waals surface area contributed by atoms with E-state index in [2.05, 4.69) is 138 Å². The lowest BCUT2D eigenvalue weighted by Crippen LogP contribution is -2.49. The highest BCUT2D eigenvalue weighted by Gasteiger charge is 2.68. The zero-order chi connectivity index (χ0) is 29.4. The lowest BCUT2D eigenvalue weighted by atomic mass is 9.52. The second-order valence-corrected chi connectivity index (χ2v) is 14.8. The van der Waals surface area contributed by atoms with Gasteiger partial charge in [0, 0.05) is 16.5 Å². The number of benzene rings is 1. The van der Waals surface area contributed by atoms with Crippen molar-refractivity contribution in [1.82, 2.24) is 0 Å². The molecule has 0 heterocycles. The second-order valence-electron chi connectivity index (χ2n) is 14.8. The molecule has 0 radical (unpaired) electrons. The normalized spacial score (nSPS) is 34.3. The Labute approximate surface area is 239 Å². The molecule has 1 aromatic carbocycles. The number of nitrogens with zero attached hydrogens (tertiary/aromatic N) is 1. The fourth-order valence-corrected chi connectivity index (χ4v) is 8.13. The van der Waals surface area contributed by atoms with E-state index in [4.69, 9.17) is 4.99 Å². The highest BCUT2D eigenvalue weighted by molar-refractivity contribution is 6.11.